The molecule has 0 saturated heterocycles. The predicted octanol–water partition coefficient (Wildman–Crippen LogP) is 2.53. The summed E-state index contributed by atoms with van der Waals surface area (Å²) in [5.74, 6) is 0. The Morgan fingerprint density at radius 2 is 1.07 bits per heavy atom. The fourth-order valence-corrected chi connectivity index (χ4v) is 5.32. The molecule has 0 radical (unpaired) electrons. The molecular weight excluding hydrogens is 682 g/mol. The summed E-state index contributed by atoms with van der Waals surface area (Å²) >= 11 is 12.5. The van der Waals surface area contributed by atoms with Gasteiger partial charge in [0.15, 0.2) is 1.05 Å². The van der Waals surface area contributed by atoms with Gasteiger partial charge in [0.2, 0.25) is 0 Å². The van der Waals surface area contributed by atoms with Crippen molar-refractivity contribution in [3.05, 3.63) is 84.9 Å². The molecule has 3 aromatic carbocycles. The normalized spacial score (nSPS) is 11.2. The van der Waals surface area contributed by atoms with Crippen LogP contribution in [0.3, 0.4) is 0 Å². The Labute approximate surface area is 228 Å². The second-order valence-corrected chi connectivity index (χ2v) is 20.1. The van der Waals surface area contributed by atoms with Gasteiger partial charge in [-0.3, -0.25) is 0 Å². The van der Waals surface area contributed by atoms with Crippen molar-refractivity contribution in [2.45, 2.75) is 5.95 Å². The third-order valence-corrected chi connectivity index (χ3v) is 6.65. The maximum absolute atomic E-state index is 11.3. The fourth-order valence-electron chi connectivity index (χ4n) is 2.38. The molecule has 3 aromatic rings. The Morgan fingerprint density at radius 1 is 0.690 bits per heavy atom. The van der Waals surface area contributed by atoms with Crippen molar-refractivity contribution >= 4 is 97.7 Å². The monoisotopic (exact) mass is 692 g/mol. The van der Waals surface area contributed by atoms with E-state index in [1.54, 1.807) is 6.07 Å². The van der Waals surface area contributed by atoms with Crippen LogP contribution in [0.15, 0.2) is 89.8 Å². The molecule has 0 atom stereocenters. The van der Waals surface area contributed by atoms with Gasteiger partial charge in [0.25, 0.3) is 0 Å². The molecule has 3 nitrogen and oxygen atoms in total. The molecule has 0 heterocycles. The van der Waals surface area contributed by atoms with E-state index in [4.69, 9.17) is 0 Å². The van der Waals surface area contributed by atoms with Crippen LogP contribution in [0.1, 0.15) is 0 Å². The van der Waals surface area contributed by atoms with Gasteiger partial charge in [0.1, 0.15) is 10.1 Å². The smallest absolute Gasteiger partial charge is 0.744 e. The van der Waals surface area contributed by atoms with Crippen LogP contribution in [-0.2, 0) is 10.1 Å². The van der Waals surface area contributed by atoms with Crippen LogP contribution in [-0.4, -0.2) is 14.0 Å². The molecule has 0 spiro atoms. The van der Waals surface area contributed by atoms with Gasteiger partial charge < -0.3 is 4.55 Å². The van der Waals surface area contributed by atoms with E-state index >= 15 is 0 Å². The molecule has 29 heavy (non-hydrogen) atoms. The van der Waals surface area contributed by atoms with E-state index < -0.39 is 18.0 Å². The molecule has 0 aliphatic heterocycles. The second-order valence-electron chi connectivity index (χ2n) is 5.39. The van der Waals surface area contributed by atoms with E-state index in [0.29, 0.717) is 0 Å². The third-order valence-electron chi connectivity index (χ3n) is 3.39. The quantitative estimate of drug-likeness (QED) is 0.183. The zero-order valence-electron chi connectivity index (χ0n) is 15.2. The van der Waals surface area contributed by atoms with E-state index in [9.17, 15) is 13.0 Å². The van der Waals surface area contributed by atoms with Gasteiger partial charge in [-0.2, -0.15) is 0 Å². The van der Waals surface area contributed by atoms with Crippen molar-refractivity contribution in [3.8, 4) is 0 Å². The fraction of sp³-hybridized carbons (Fsp3) is 0.0526. The average molecular weight is 696 g/mol. The minimum absolute atomic E-state index is 0. The molecule has 0 bridgehead atoms. The van der Waals surface area contributed by atoms with E-state index in [1.165, 1.54) is 12.1 Å². The Morgan fingerprint density at radius 3 is 1.45 bits per heavy atom. The van der Waals surface area contributed by atoms with Crippen molar-refractivity contribution < 1.29 is 42.5 Å². The van der Waals surface area contributed by atoms with Crippen molar-refractivity contribution in [3.63, 3.8) is 0 Å². The maximum atomic E-state index is 11.3. The molecule has 10 heteroatoms. The van der Waals surface area contributed by atoms with Crippen molar-refractivity contribution in [1.82, 2.24) is 0 Å². The third kappa shape index (κ3) is 10.4. The van der Waals surface area contributed by atoms with E-state index in [0.717, 1.165) is 15.9 Å². The summed E-state index contributed by atoms with van der Waals surface area (Å²) in [6.45, 7) is 0. The molecule has 0 fully saturated rings. The number of rotatable bonds is 4. The maximum Gasteiger partial charge on any atom is 1.00 e. The van der Waals surface area contributed by atoms with Crippen LogP contribution >= 0.6 is 71.6 Å². The molecule has 0 aromatic heterocycles. The Kier molecular flexibility index (Phi) is 12.4. The van der Waals surface area contributed by atoms with Crippen LogP contribution in [0.25, 0.3) is 0 Å². The molecule has 148 valence electrons. The number of hydrogen-bond donors (Lipinski definition) is 0. The number of halogens is 4. The van der Waals surface area contributed by atoms with Crippen LogP contribution in [0.5, 0.6) is 0 Å². The number of benzene rings is 3. The van der Waals surface area contributed by atoms with Gasteiger partial charge >= 0.3 is 29.6 Å². The van der Waals surface area contributed by atoms with Gasteiger partial charge in [0.05, 0.1) is 4.90 Å². The number of hydrogen-bond acceptors (Lipinski definition) is 3. The van der Waals surface area contributed by atoms with Gasteiger partial charge in [0, 0.05) is 0 Å². The van der Waals surface area contributed by atoms with E-state index in [2.05, 4.69) is 63.7 Å². The first-order valence-corrected chi connectivity index (χ1v) is 13.7. The zero-order chi connectivity index (χ0) is 20.8. The molecule has 0 aliphatic carbocycles. The van der Waals surface area contributed by atoms with Gasteiger partial charge in [-0.1, -0.05) is 72.8 Å². The predicted molar refractivity (Wildman–Crippen MR) is 132 cm³/mol. The summed E-state index contributed by atoms with van der Waals surface area (Å²) in [6.07, 6.45) is 0. The van der Waals surface area contributed by atoms with Gasteiger partial charge in [-0.15, -0.1) is 0 Å². The second kappa shape index (κ2) is 12.8. The van der Waals surface area contributed by atoms with Gasteiger partial charge in [-0.25, -0.2) is 8.42 Å². The minimum atomic E-state index is -4.46. The summed E-state index contributed by atoms with van der Waals surface area (Å²) in [6, 6.07) is 26.2. The van der Waals surface area contributed by atoms with Crippen molar-refractivity contribution in [2.24, 2.45) is 0 Å². The molecule has 0 amide bonds. The first-order chi connectivity index (χ1) is 13.1. The SMILES string of the molecule is BrC(Br)(Br)Br.O=S(=O)([O-])c1cccc(P(c2ccccc2)c2ccccc2)c1.[Na+]. The number of alkyl halides is 4. The molecule has 3 rings (SSSR count). The summed E-state index contributed by atoms with van der Waals surface area (Å²) in [7, 11) is -5.38. The van der Waals surface area contributed by atoms with Crippen LogP contribution in [0.4, 0.5) is 0 Å². The first-order valence-electron chi connectivity index (χ1n) is 7.77. The summed E-state index contributed by atoms with van der Waals surface area (Å²) in [4.78, 5) is -0.186. The molecular formula is C19H14Br4NaO3PS. The van der Waals surface area contributed by atoms with E-state index in [-0.39, 0.29) is 35.5 Å². The topological polar surface area (TPSA) is 57.2 Å². The van der Waals surface area contributed by atoms with Crippen molar-refractivity contribution in [2.75, 3.05) is 0 Å². The van der Waals surface area contributed by atoms with Crippen LogP contribution < -0.4 is 45.5 Å². The molecule has 0 saturated carbocycles. The zero-order valence-corrected chi connectivity index (χ0v) is 25.2. The Hall–Kier alpha value is 0.920. The van der Waals surface area contributed by atoms with Crippen LogP contribution in [0, 0.1) is 0 Å². The molecule has 0 aliphatic rings. The van der Waals surface area contributed by atoms with E-state index in [1.807, 2.05) is 66.7 Å². The summed E-state index contributed by atoms with van der Waals surface area (Å²) in [5, 5.41) is 3.05. The minimum Gasteiger partial charge on any atom is -0.744 e. The van der Waals surface area contributed by atoms with Gasteiger partial charge in [-0.05, 0) is 99.7 Å². The average Bonchev–Trinajstić information content (AvgIpc) is 2.62. The summed E-state index contributed by atoms with van der Waals surface area (Å²) in [5.41, 5.74) is 0. The molecule has 0 N–H and O–H groups in total. The van der Waals surface area contributed by atoms with Crippen molar-refractivity contribution in [1.29, 1.82) is 0 Å². The van der Waals surface area contributed by atoms with Crippen LogP contribution in [0.2, 0.25) is 0 Å². The largest absolute Gasteiger partial charge is 1.00 e. The molecule has 0 unspecified atom stereocenters. The summed E-state index contributed by atoms with van der Waals surface area (Å²) < 4.78 is 33.7. The first kappa shape index (κ1) is 28.0. The standard InChI is InChI=1S/C18H15O3PS.CBr4.Na/c19-23(20,21)18-13-7-12-17(14-18)22(15-8-3-1-4-9-15)16-10-5-2-6-11-16;2-1(3,4)5;/h1-14H,(H,19,20,21);;/q;;+1/p-1. The Bertz CT molecular complexity index is 955. The Balaban J connectivity index is 0.000000628.